The van der Waals surface area contributed by atoms with E-state index in [2.05, 4.69) is 20.6 Å². The monoisotopic (exact) mass is 704 g/mol. The van der Waals surface area contributed by atoms with Crippen molar-refractivity contribution in [3.8, 4) is 5.75 Å². The molecule has 0 radical (unpaired) electrons. The first-order valence-corrected chi connectivity index (χ1v) is 17.1. The van der Waals surface area contributed by atoms with Crippen molar-refractivity contribution >= 4 is 48.3 Å². The molecule has 3 aromatic rings. The molecule has 0 saturated heterocycles. The highest BCUT2D eigenvalue weighted by molar-refractivity contribution is 7.53. The van der Waals surface area contributed by atoms with Gasteiger partial charge in [-0.2, -0.15) is 18.2 Å². The topological polar surface area (TPSA) is 155 Å². The molecule has 2 aliphatic rings. The number of alkyl halides is 3. The van der Waals surface area contributed by atoms with Crippen molar-refractivity contribution < 1.29 is 46.2 Å². The van der Waals surface area contributed by atoms with Crippen molar-refractivity contribution in [3.05, 3.63) is 70.4 Å². The molecular formula is C32H36F3N6O7P. The smallest absolute Gasteiger partial charge is 0.421 e. The summed E-state index contributed by atoms with van der Waals surface area (Å²) in [5.41, 5.74) is 2.30. The molecule has 262 valence electrons. The van der Waals surface area contributed by atoms with Crippen molar-refractivity contribution in [1.29, 1.82) is 0 Å². The Morgan fingerprint density at radius 1 is 1.10 bits per heavy atom. The molecule has 0 bridgehead atoms. The maximum atomic E-state index is 14.2. The van der Waals surface area contributed by atoms with Gasteiger partial charge in [0.15, 0.2) is 0 Å². The number of aromatic nitrogens is 2. The molecule has 0 saturated carbocycles. The molecule has 17 heteroatoms. The number of halogens is 3. The van der Waals surface area contributed by atoms with E-state index < -0.39 is 31.2 Å². The number of hydrogen-bond donors (Lipinski definition) is 3. The minimum absolute atomic E-state index is 0.0226. The SMILES string of the molecule is CCOP(=O)(Cc1ccc(Nc2ncc(C(F)(F)F)c(Nc3ccc(C4=CCN(C(=O)O)CC4)c4c3C(=O)N(C)C4)n2)c(OC)c1)OCC. The lowest BCUT2D eigenvalue weighted by Crippen LogP contribution is -2.33. The highest BCUT2D eigenvalue weighted by atomic mass is 31.2. The van der Waals surface area contributed by atoms with Gasteiger partial charge in [0.2, 0.25) is 5.95 Å². The molecular weight excluding hydrogens is 668 g/mol. The standard InChI is InChI=1S/C32H36F3N6O7P/c1-5-47-49(45,48-6-2)18-19-7-9-24(26(15-19)46-4)38-30-36-16-23(32(33,34)35)28(39-30)37-25-10-8-21(22-17-40(3)29(42)27(22)25)20-11-13-41(14-12-20)31(43)44/h7-11,15-16H,5-6,12-14,17-18H2,1-4H3,(H,43,44)(H2,36,37,38,39). The van der Waals surface area contributed by atoms with Gasteiger partial charge in [-0.25, -0.2) is 9.78 Å². The third kappa shape index (κ3) is 7.82. The maximum absolute atomic E-state index is 14.2. The van der Waals surface area contributed by atoms with Crippen LogP contribution in [0.25, 0.3) is 5.57 Å². The molecule has 3 N–H and O–H groups in total. The maximum Gasteiger partial charge on any atom is 0.421 e. The number of carbonyl (C=O) groups is 2. The summed E-state index contributed by atoms with van der Waals surface area (Å²) in [7, 11) is -0.420. The summed E-state index contributed by atoms with van der Waals surface area (Å²) in [6.07, 6.45) is -3.04. The first kappa shape index (κ1) is 35.6. The Kier molecular flexibility index (Phi) is 10.5. The fourth-order valence-electron chi connectivity index (χ4n) is 5.72. The van der Waals surface area contributed by atoms with Crippen LogP contribution in [-0.2, 0) is 32.5 Å². The zero-order valence-electron chi connectivity index (χ0n) is 27.3. The van der Waals surface area contributed by atoms with E-state index in [1.807, 2.05) is 0 Å². The third-order valence-corrected chi connectivity index (χ3v) is 10.0. The molecule has 0 unspecified atom stereocenters. The van der Waals surface area contributed by atoms with E-state index in [1.54, 1.807) is 51.2 Å². The third-order valence-electron chi connectivity index (χ3n) is 7.98. The molecule has 49 heavy (non-hydrogen) atoms. The number of nitrogens with one attached hydrogen (secondary N) is 2. The van der Waals surface area contributed by atoms with E-state index in [0.29, 0.717) is 29.4 Å². The Morgan fingerprint density at radius 3 is 2.43 bits per heavy atom. The number of hydrogen-bond acceptors (Lipinski definition) is 10. The fourth-order valence-corrected chi connectivity index (χ4v) is 7.41. The van der Waals surface area contributed by atoms with Crippen LogP contribution in [0.2, 0.25) is 0 Å². The van der Waals surface area contributed by atoms with Crippen LogP contribution in [0.5, 0.6) is 5.75 Å². The van der Waals surface area contributed by atoms with Crippen molar-refractivity contribution in [1.82, 2.24) is 19.8 Å². The van der Waals surface area contributed by atoms with Gasteiger partial charge < -0.3 is 39.3 Å². The Labute approximate surface area is 280 Å². The zero-order valence-corrected chi connectivity index (χ0v) is 28.2. The summed E-state index contributed by atoms with van der Waals surface area (Å²) < 4.78 is 71.8. The summed E-state index contributed by atoms with van der Waals surface area (Å²) in [6, 6.07) is 8.07. The van der Waals surface area contributed by atoms with Crippen LogP contribution in [0.15, 0.2) is 42.6 Å². The van der Waals surface area contributed by atoms with E-state index >= 15 is 0 Å². The largest absolute Gasteiger partial charge is 0.495 e. The lowest BCUT2D eigenvalue weighted by atomic mass is 9.92. The first-order valence-electron chi connectivity index (χ1n) is 15.4. The average Bonchev–Trinajstić information content (AvgIpc) is 3.35. The summed E-state index contributed by atoms with van der Waals surface area (Å²) in [5, 5.41) is 14.9. The number of benzene rings is 2. The van der Waals surface area contributed by atoms with Gasteiger partial charge in [-0.3, -0.25) is 9.36 Å². The Morgan fingerprint density at radius 2 is 1.82 bits per heavy atom. The summed E-state index contributed by atoms with van der Waals surface area (Å²) in [5.74, 6) is -0.878. The predicted octanol–water partition coefficient (Wildman–Crippen LogP) is 7.11. The molecule has 0 atom stereocenters. The molecule has 0 aliphatic carbocycles. The Balaban J connectivity index is 1.47. The second-order valence-electron chi connectivity index (χ2n) is 11.2. The highest BCUT2D eigenvalue weighted by Crippen LogP contribution is 2.52. The van der Waals surface area contributed by atoms with Crippen LogP contribution in [0.1, 0.15) is 52.9 Å². The van der Waals surface area contributed by atoms with Crippen LogP contribution < -0.4 is 15.4 Å². The van der Waals surface area contributed by atoms with E-state index in [0.717, 1.165) is 11.1 Å². The number of carbonyl (C=O) groups excluding carboxylic acids is 1. The summed E-state index contributed by atoms with van der Waals surface area (Å²) in [6.45, 7) is 4.49. The number of fused-ring (bicyclic) bond motifs is 1. The normalized spacial score (nSPS) is 14.8. The van der Waals surface area contributed by atoms with Crippen molar-refractivity contribution in [2.24, 2.45) is 0 Å². The number of amides is 2. The van der Waals surface area contributed by atoms with Gasteiger partial charge >= 0.3 is 19.9 Å². The second kappa shape index (κ2) is 14.4. The Hall–Kier alpha value is -4.66. The van der Waals surface area contributed by atoms with E-state index in [-0.39, 0.29) is 67.9 Å². The number of anilines is 4. The van der Waals surface area contributed by atoms with Gasteiger partial charge in [-0.1, -0.05) is 18.2 Å². The summed E-state index contributed by atoms with van der Waals surface area (Å²) in [4.78, 5) is 35.4. The molecule has 2 aromatic carbocycles. The zero-order chi connectivity index (χ0) is 35.5. The average molecular weight is 705 g/mol. The van der Waals surface area contributed by atoms with Crippen LogP contribution in [-0.4, -0.2) is 77.3 Å². The van der Waals surface area contributed by atoms with Crippen LogP contribution in [0.3, 0.4) is 0 Å². The quantitative estimate of drug-likeness (QED) is 0.165. The van der Waals surface area contributed by atoms with Gasteiger partial charge in [0.25, 0.3) is 5.91 Å². The van der Waals surface area contributed by atoms with E-state index in [4.69, 9.17) is 13.8 Å². The van der Waals surface area contributed by atoms with Gasteiger partial charge in [-0.05, 0) is 60.7 Å². The van der Waals surface area contributed by atoms with Gasteiger partial charge in [0.05, 0.1) is 43.4 Å². The molecule has 0 fully saturated rings. The molecule has 0 spiro atoms. The second-order valence-corrected chi connectivity index (χ2v) is 13.3. The first-order chi connectivity index (χ1) is 23.3. The van der Waals surface area contributed by atoms with Gasteiger partial charge in [0, 0.05) is 32.9 Å². The van der Waals surface area contributed by atoms with Crippen LogP contribution >= 0.6 is 7.60 Å². The Bertz CT molecular complexity index is 1830. The van der Waals surface area contributed by atoms with E-state index in [1.165, 1.54) is 23.0 Å². The number of methoxy groups -OCH3 is 1. The predicted molar refractivity (Wildman–Crippen MR) is 176 cm³/mol. The van der Waals surface area contributed by atoms with Crippen LogP contribution in [0.4, 0.5) is 41.1 Å². The lowest BCUT2D eigenvalue weighted by Gasteiger charge is -2.25. The van der Waals surface area contributed by atoms with Gasteiger partial charge in [-0.15, -0.1) is 0 Å². The molecule has 13 nitrogen and oxygen atoms in total. The van der Waals surface area contributed by atoms with Gasteiger partial charge in [0.1, 0.15) is 17.1 Å². The summed E-state index contributed by atoms with van der Waals surface area (Å²) >= 11 is 0. The molecule has 2 amide bonds. The van der Waals surface area contributed by atoms with E-state index in [9.17, 15) is 32.4 Å². The van der Waals surface area contributed by atoms with Crippen molar-refractivity contribution in [2.45, 2.75) is 39.2 Å². The molecule has 2 aliphatic heterocycles. The molecule has 3 heterocycles. The van der Waals surface area contributed by atoms with Crippen molar-refractivity contribution in [2.75, 3.05) is 51.1 Å². The minimum Gasteiger partial charge on any atom is -0.495 e. The number of rotatable bonds is 12. The fraction of sp³-hybridized carbons (Fsp3) is 0.375. The molecule has 5 rings (SSSR count). The van der Waals surface area contributed by atoms with Crippen molar-refractivity contribution in [3.63, 3.8) is 0 Å². The minimum atomic E-state index is -4.83. The van der Waals surface area contributed by atoms with Crippen LogP contribution in [0, 0.1) is 0 Å². The lowest BCUT2D eigenvalue weighted by molar-refractivity contribution is -0.137. The number of carboxylic acid groups (broad SMARTS) is 1. The highest BCUT2D eigenvalue weighted by Gasteiger charge is 2.37. The number of nitrogens with zero attached hydrogens (tertiary/aromatic N) is 4. The number of ether oxygens (including phenoxy) is 1. The molecule has 1 aromatic heterocycles.